The summed E-state index contributed by atoms with van der Waals surface area (Å²) < 4.78 is 0. The zero-order valence-electron chi connectivity index (χ0n) is 10.8. The molecule has 0 radical (unpaired) electrons. The lowest BCUT2D eigenvalue weighted by Gasteiger charge is -2.15. The van der Waals surface area contributed by atoms with E-state index >= 15 is 0 Å². The monoisotopic (exact) mass is 240 g/mol. The van der Waals surface area contributed by atoms with Crippen molar-refractivity contribution in [3.8, 4) is 12.4 Å². The molecular formula is C14H16N4. The number of rotatable bonds is 4. The first kappa shape index (κ1) is 13.9. The first-order chi connectivity index (χ1) is 8.76. The smallest absolute Gasteiger partial charge is 0.173 e. The molecule has 0 amide bonds. The average molecular weight is 240 g/mol. The van der Waals surface area contributed by atoms with Crippen molar-refractivity contribution in [2.45, 2.75) is 39.5 Å². The summed E-state index contributed by atoms with van der Waals surface area (Å²) in [5.74, 6) is 0. The van der Waals surface area contributed by atoms with Crippen LogP contribution in [0.2, 0.25) is 0 Å². The van der Waals surface area contributed by atoms with Crippen molar-refractivity contribution in [2.24, 2.45) is 9.98 Å². The van der Waals surface area contributed by atoms with E-state index in [2.05, 4.69) is 23.8 Å². The molecule has 0 aromatic carbocycles. The van der Waals surface area contributed by atoms with E-state index in [9.17, 15) is 0 Å². The summed E-state index contributed by atoms with van der Waals surface area (Å²) in [6, 6.07) is 0. The van der Waals surface area contributed by atoms with Gasteiger partial charge in [-0.3, -0.25) is 0 Å². The van der Waals surface area contributed by atoms with Gasteiger partial charge in [-0.05, 0) is 36.1 Å². The molecule has 92 valence electrons. The summed E-state index contributed by atoms with van der Waals surface area (Å²) >= 11 is 0. The Morgan fingerprint density at radius 1 is 0.889 bits per heavy atom. The van der Waals surface area contributed by atoms with Gasteiger partial charge in [-0.1, -0.05) is 26.7 Å². The SMILES string of the molecule is CCCC1=CC(=NC#N)C(CCC)=CC1=NC#N. The van der Waals surface area contributed by atoms with Crippen molar-refractivity contribution in [3.63, 3.8) is 0 Å². The number of nitriles is 2. The average Bonchev–Trinajstić information content (AvgIpc) is 2.35. The molecule has 0 aliphatic heterocycles. The third-order valence-corrected chi connectivity index (χ3v) is 2.66. The summed E-state index contributed by atoms with van der Waals surface area (Å²) in [5.41, 5.74) is 3.38. The lowest BCUT2D eigenvalue weighted by molar-refractivity contribution is 0.923. The summed E-state index contributed by atoms with van der Waals surface area (Å²) in [6.45, 7) is 4.13. The molecule has 0 fully saturated rings. The van der Waals surface area contributed by atoms with Crippen LogP contribution < -0.4 is 0 Å². The molecular weight excluding hydrogens is 224 g/mol. The zero-order chi connectivity index (χ0) is 13.4. The van der Waals surface area contributed by atoms with E-state index in [1.54, 1.807) is 0 Å². The van der Waals surface area contributed by atoms with E-state index in [4.69, 9.17) is 10.5 Å². The van der Waals surface area contributed by atoms with Crippen molar-refractivity contribution in [2.75, 3.05) is 0 Å². The van der Waals surface area contributed by atoms with Gasteiger partial charge >= 0.3 is 0 Å². The number of hydrogen-bond donors (Lipinski definition) is 0. The van der Waals surface area contributed by atoms with Crippen molar-refractivity contribution in [1.82, 2.24) is 0 Å². The second-order valence-electron chi connectivity index (χ2n) is 4.03. The predicted octanol–water partition coefficient (Wildman–Crippen LogP) is 3.30. The highest BCUT2D eigenvalue weighted by Crippen LogP contribution is 2.21. The summed E-state index contributed by atoms with van der Waals surface area (Å²) in [6.07, 6.45) is 11.0. The Morgan fingerprint density at radius 3 is 1.56 bits per heavy atom. The van der Waals surface area contributed by atoms with Gasteiger partial charge in [0, 0.05) is 0 Å². The molecule has 4 nitrogen and oxygen atoms in total. The highest BCUT2D eigenvalue weighted by Gasteiger charge is 2.16. The fraction of sp³-hybridized carbons (Fsp3) is 0.429. The van der Waals surface area contributed by atoms with Crippen LogP contribution in [0.4, 0.5) is 0 Å². The van der Waals surface area contributed by atoms with Crippen LogP contribution in [0.3, 0.4) is 0 Å². The van der Waals surface area contributed by atoms with E-state index in [1.807, 2.05) is 24.5 Å². The van der Waals surface area contributed by atoms with Crippen LogP contribution in [-0.2, 0) is 0 Å². The van der Waals surface area contributed by atoms with E-state index in [1.165, 1.54) is 0 Å². The summed E-state index contributed by atoms with van der Waals surface area (Å²) in [4.78, 5) is 7.70. The number of allylic oxidation sites excluding steroid dienone is 4. The molecule has 1 aliphatic carbocycles. The van der Waals surface area contributed by atoms with Crippen molar-refractivity contribution < 1.29 is 0 Å². The van der Waals surface area contributed by atoms with Crippen molar-refractivity contribution in [3.05, 3.63) is 23.3 Å². The maximum Gasteiger partial charge on any atom is 0.206 e. The Labute approximate surface area is 108 Å². The molecule has 0 N–H and O–H groups in total. The van der Waals surface area contributed by atoms with Gasteiger partial charge in [-0.2, -0.15) is 20.5 Å². The molecule has 0 saturated heterocycles. The maximum absolute atomic E-state index is 8.71. The van der Waals surface area contributed by atoms with Gasteiger partial charge in [0.2, 0.25) is 12.4 Å². The van der Waals surface area contributed by atoms with E-state index in [0.29, 0.717) is 11.4 Å². The quantitative estimate of drug-likeness (QED) is 0.558. The Bertz CT molecular complexity index is 459. The zero-order valence-corrected chi connectivity index (χ0v) is 10.8. The topological polar surface area (TPSA) is 72.3 Å². The fourth-order valence-corrected chi connectivity index (χ4v) is 1.92. The summed E-state index contributed by atoms with van der Waals surface area (Å²) in [7, 11) is 0. The third kappa shape index (κ3) is 3.40. The number of nitrogens with zero attached hydrogens (tertiary/aromatic N) is 4. The van der Waals surface area contributed by atoms with Gasteiger partial charge in [-0.25, -0.2) is 0 Å². The van der Waals surface area contributed by atoms with Gasteiger partial charge in [0.1, 0.15) is 0 Å². The maximum atomic E-state index is 8.71. The summed E-state index contributed by atoms with van der Waals surface area (Å²) in [5, 5.41) is 17.4. The van der Waals surface area contributed by atoms with E-state index in [0.717, 1.165) is 36.8 Å². The van der Waals surface area contributed by atoms with Crippen LogP contribution in [0.25, 0.3) is 0 Å². The molecule has 0 aromatic heterocycles. The predicted molar refractivity (Wildman–Crippen MR) is 72.1 cm³/mol. The third-order valence-electron chi connectivity index (χ3n) is 2.66. The Hall–Kier alpha value is -2.20. The molecule has 0 bridgehead atoms. The molecule has 0 unspecified atom stereocenters. The van der Waals surface area contributed by atoms with Crippen LogP contribution in [0, 0.1) is 22.9 Å². The van der Waals surface area contributed by atoms with Gasteiger partial charge in [-0.15, -0.1) is 0 Å². The van der Waals surface area contributed by atoms with Gasteiger partial charge in [0.15, 0.2) is 0 Å². The molecule has 1 rings (SSSR count). The van der Waals surface area contributed by atoms with Crippen LogP contribution in [0.5, 0.6) is 0 Å². The second-order valence-corrected chi connectivity index (χ2v) is 4.03. The first-order valence-corrected chi connectivity index (χ1v) is 6.12. The van der Waals surface area contributed by atoms with Gasteiger partial charge in [0.05, 0.1) is 11.4 Å². The molecule has 0 heterocycles. The van der Waals surface area contributed by atoms with E-state index in [-0.39, 0.29) is 0 Å². The minimum Gasteiger partial charge on any atom is -0.173 e. The Kier molecular flexibility index (Phi) is 5.54. The van der Waals surface area contributed by atoms with E-state index < -0.39 is 0 Å². The Balaban J connectivity index is 3.20. The number of aliphatic imine (C=N–C) groups is 2. The molecule has 0 aromatic rings. The minimum atomic E-state index is 0.708. The normalized spacial score (nSPS) is 19.1. The van der Waals surface area contributed by atoms with Gasteiger partial charge in [0.25, 0.3) is 0 Å². The fourth-order valence-electron chi connectivity index (χ4n) is 1.92. The number of hydrogen-bond acceptors (Lipinski definition) is 4. The van der Waals surface area contributed by atoms with Crippen LogP contribution in [-0.4, -0.2) is 11.4 Å². The minimum absolute atomic E-state index is 0.708. The van der Waals surface area contributed by atoms with Crippen LogP contribution in [0.1, 0.15) is 39.5 Å². The highest BCUT2D eigenvalue weighted by molar-refractivity contribution is 6.24. The second kappa shape index (κ2) is 7.19. The largest absolute Gasteiger partial charge is 0.206 e. The molecule has 1 aliphatic rings. The lowest BCUT2D eigenvalue weighted by atomic mass is 9.91. The van der Waals surface area contributed by atoms with Crippen molar-refractivity contribution in [1.29, 1.82) is 10.5 Å². The molecule has 0 saturated carbocycles. The highest BCUT2D eigenvalue weighted by atomic mass is 14.8. The van der Waals surface area contributed by atoms with Crippen molar-refractivity contribution >= 4 is 11.4 Å². The molecule has 0 atom stereocenters. The Morgan fingerprint density at radius 2 is 1.28 bits per heavy atom. The molecule has 18 heavy (non-hydrogen) atoms. The first-order valence-electron chi connectivity index (χ1n) is 6.12. The molecule has 0 spiro atoms. The lowest BCUT2D eigenvalue weighted by Crippen LogP contribution is -2.13. The molecule has 4 heteroatoms. The van der Waals surface area contributed by atoms with Crippen LogP contribution in [0.15, 0.2) is 33.3 Å². The van der Waals surface area contributed by atoms with Crippen LogP contribution >= 0.6 is 0 Å². The van der Waals surface area contributed by atoms with Gasteiger partial charge < -0.3 is 0 Å². The standard InChI is InChI=1S/C14H16N4/c1-3-5-11-7-14(18-10-16)12(6-4-2)8-13(11)17-9-15/h7-8H,3-6H2,1-2H3.